The fourth-order valence-corrected chi connectivity index (χ4v) is 1.91. The average Bonchev–Trinajstić information content (AvgIpc) is 2.37. The van der Waals surface area contributed by atoms with Gasteiger partial charge in [-0.2, -0.15) is 0 Å². The van der Waals surface area contributed by atoms with Gasteiger partial charge in [0.05, 0.1) is 19.8 Å². The molecular formula is C14H21F2NO2. The third-order valence-electron chi connectivity index (χ3n) is 2.74. The van der Waals surface area contributed by atoms with E-state index in [1.54, 1.807) is 7.11 Å². The fraction of sp³-hybridized carbons (Fsp3) is 0.571. The number of nitrogens with one attached hydrogen (secondary N) is 1. The van der Waals surface area contributed by atoms with Crippen LogP contribution in [0.15, 0.2) is 18.2 Å². The van der Waals surface area contributed by atoms with Gasteiger partial charge in [0.1, 0.15) is 12.4 Å². The largest absolute Gasteiger partial charge is 0.496 e. The van der Waals surface area contributed by atoms with Gasteiger partial charge in [-0.1, -0.05) is 24.6 Å². The Labute approximate surface area is 112 Å². The normalized spacial score (nSPS) is 12.7. The van der Waals surface area contributed by atoms with Crippen molar-refractivity contribution in [1.82, 2.24) is 5.32 Å². The van der Waals surface area contributed by atoms with Gasteiger partial charge >= 0.3 is 0 Å². The van der Waals surface area contributed by atoms with Crippen LogP contribution in [-0.2, 0) is 4.74 Å². The molecule has 1 aromatic carbocycles. The molecule has 5 heteroatoms. The lowest BCUT2D eigenvalue weighted by molar-refractivity contribution is 0.00915. The Morgan fingerprint density at radius 3 is 2.58 bits per heavy atom. The zero-order valence-corrected chi connectivity index (χ0v) is 11.6. The number of methoxy groups -OCH3 is 1. The first kappa shape index (κ1) is 15.9. The molecule has 1 aromatic rings. The summed E-state index contributed by atoms with van der Waals surface area (Å²) >= 11 is 0. The summed E-state index contributed by atoms with van der Waals surface area (Å²) in [5, 5.41) is 3.22. The van der Waals surface area contributed by atoms with Crippen LogP contribution in [-0.4, -0.2) is 33.3 Å². The molecule has 0 radical (unpaired) electrons. The predicted molar refractivity (Wildman–Crippen MR) is 71.0 cm³/mol. The lowest BCUT2D eigenvalue weighted by Gasteiger charge is -2.21. The zero-order valence-electron chi connectivity index (χ0n) is 11.6. The molecule has 0 saturated heterocycles. The number of halogens is 2. The molecule has 0 fully saturated rings. The summed E-state index contributed by atoms with van der Waals surface area (Å²) in [6.07, 6.45) is -2.44. The van der Waals surface area contributed by atoms with Crippen molar-refractivity contribution in [1.29, 1.82) is 0 Å². The Morgan fingerprint density at radius 2 is 2.00 bits per heavy atom. The summed E-state index contributed by atoms with van der Waals surface area (Å²) < 4.78 is 34.6. The molecule has 0 aliphatic rings. The first-order valence-corrected chi connectivity index (χ1v) is 6.32. The number of ether oxygens (including phenoxy) is 2. The maximum Gasteiger partial charge on any atom is 0.261 e. The topological polar surface area (TPSA) is 30.5 Å². The lowest BCUT2D eigenvalue weighted by Crippen LogP contribution is -2.26. The molecule has 0 aliphatic heterocycles. The highest BCUT2D eigenvalue weighted by Crippen LogP contribution is 2.26. The number of aryl methyl sites for hydroxylation is 1. The van der Waals surface area contributed by atoms with Crippen LogP contribution < -0.4 is 10.1 Å². The highest BCUT2D eigenvalue weighted by Gasteiger charge is 2.16. The Morgan fingerprint density at radius 1 is 1.26 bits per heavy atom. The molecule has 0 aliphatic carbocycles. The molecule has 1 N–H and O–H groups in total. The average molecular weight is 273 g/mol. The van der Waals surface area contributed by atoms with Crippen LogP contribution in [0.2, 0.25) is 0 Å². The minimum absolute atomic E-state index is 0.154. The monoisotopic (exact) mass is 273 g/mol. The second kappa shape index (κ2) is 8.07. The van der Waals surface area contributed by atoms with Crippen molar-refractivity contribution in [3.05, 3.63) is 29.3 Å². The number of rotatable bonds is 8. The Balaban J connectivity index is 2.81. The third-order valence-corrected chi connectivity index (χ3v) is 2.74. The number of benzene rings is 1. The van der Waals surface area contributed by atoms with Crippen molar-refractivity contribution >= 4 is 0 Å². The minimum Gasteiger partial charge on any atom is -0.496 e. The number of alkyl halides is 2. The summed E-state index contributed by atoms with van der Waals surface area (Å²) in [5.74, 6) is 0.734. The number of hydrogen-bond acceptors (Lipinski definition) is 3. The van der Waals surface area contributed by atoms with Gasteiger partial charge < -0.3 is 14.8 Å². The summed E-state index contributed by atoms with van der Waals surface area (Å²) in [6, 6.07) is 5.66. The Bertz CT molecular complexity index is 386. The second-order valence-electron chi connectivity index (χ2n) is 4.28. The highest BCUT2D eigenvalue weighted by atomic mass is 19.3. The van der Waals surface area contributed by atoms with Crippen LogP contribution in [0.1, 0.15) is 24.1 Å². The van der Waals surface area contributed by atoms with Crippen molar-refractivity contribution in [3.63, 3.8) is 0 Å². The van der Waals surface area contributed by atoms with Crippen LogP contribution in [0.5, 0.6) is 5.75 Å². The van der Waals surface area contributed by atoms with E-state index in [1.807, 2.05) is 32.0 Å². The first-order valence-electron chi connectivity index (χ1n) is 6.32. The quantitative estimate of drug-likeness (QED) is 0.790. The van der Waals surface area contributed by atoms with Gasteiger partial charge in [-0.05, 0) is 19.5 Å². The first-order chi connectivity index (χ1) is 9.08. The Kier molecular flexibility index (Phi) is 6.73. The van der Waals surface area contributed by atoms with E-state index in [0.29, 0.717) is 0 Å². The van der Waals surface area contributed by atoms with E-state index >= 15 is 0 Å². The van der Waals surface area contributed by atoms with Crippen LogP contribution in [0, 0.1) is 6.92 Å². The zero-order chi connectivity index (χ0) is 14.3. The van der Waals surface area contributed by atoms with E-state index in [9.17, 15) is 8.78 Å². The summed E-state index contributed by atoms with van der Waals surface area (Å²) in [4.78, 5) is 0. The van der Waals surface area contributed by atoms with E-state index in [-0.39, 0.29) is 12.6 Å². The van der Waals surface area contributed by atoms with E-state index in [0.717, 1.165) is 23.4 Å². The van der Waals surface area contributed by atoms with E-state index in [1.165, 1.54) is 0 Å². The predicted octanol–water partition coefficient (Wildman–Crippen LogP) is 2.94. The molecule has 3 nitrogen and oxygen atoms in total. The highest BCUT2D eigenvalue weighted by molar-refractivity contribution is 5.39. The Hall–Kier alpha value is -1.20. The van der Waals surface area contributed by atoms with Crippen molar-refractivity contribution in [3.8, 4) is 5.75 Å². The molecule has 108 valence electrons. The van der Waals surface area contributed by atoms with Crippen LogP contribution in [0.3, 0.4) is 0 Å². The lowest BCUT2D eigenvalue weighted by atomic mass is 10.0. The maximum atomic E-state index is 12.1. The van der Waals surface area contributed by atoms with E-state index in [4.69, 9.17) is 9.47 Å². The molecule has 0 bridgehead atoms. The second-order valence-corrected chi connectivity index (χ2v) is 4.28. The summed E-state index contributed by atoms with van der Waals surface area (Å²) in [6.45, 7) is 4.31. The molecule has 0 spiro atoms. The number of hydrogen-bond donors (Lipinski definition) is 1. The van der Waals surface area contributed by atoms with Gasteiger partial charge in [-0.25, -0.2) is 8.78 Å². The van der Waals surface area contributed by atoms with E-state index < -0.39 is 13.0 Å². The molecule has 0 heterocycles. The van der Waals surface area contributed by atoms with Crippen molar-refractivity contribution in [2.45, 2.75) is 26.3 Å². The van der Waals surface area contributed by atoms with Gasteiger partial charge in [0.25, 0.3) is 6.43 Å². The molecule has 1 unspecified atom stereocenters. The molecule has 1 atom stereocenters. The van der Waals surface area contributed by atoms with Gasteiger partial charge in [0.2, 0.25) is 0 Å². The fourth-order valence-electron chi connectivity index (χ4n) is 1.91. The van der Waals surface area contributed by atoms with Gasteiger partial charge in [0, 0.05) is 5.56 Å². The van der Waals surface area contributed by atoms with Crippen molar-refractivity contribution < 1.29 is 18.3 Å². The van der Waals surface area contributed by atoms with E-state index in [2.05, 4.69) is 5.32 Å². The standard InChI is InChI=1S/C14H21F2NO2/c1-4-17-12(8-19-9-14(15)16)11-7-10(2)5-6-13(11)18-3/h5-7,12,14,17H,4,8-9H2,1-3H3. The van der Waals surface area contributed by atoms with Crippen LogP contribution in [0.25, 0.3) is 0 Å². The van der Waals surface area contributed by atoms with Gasteiger partial charge in [0.15, 0.2) is 0 Å². The van der Waals surface area contributed by atoms with Crippen molar-refractivity contribution in [2.75, 3.05) is 26.9 Å². The molecular weight excluding hydrogens is 252 g/mol. The number of likely N-dealkylation sites (N-methyl/N-ethyl adjacent to an activating group) is 1. The van der Waals surface area contributed by atoms with Gasteiger partial charge in [-0.15, -0.1) is 0 Å². The minimum atomic E-state index is -2.44. The smallest absolute Gasteiger partial charge is 0.261 e. The summed E-state index contributed by atoms with van der Waals surface area (Å²) in [5.41, 5.74) is 2.02. The molecule has 0 aromatic heterocycles. The SMILES string of the molecule is CCNC(COCC(F)F)c1cc(C)ccc1OC. The van der Waals surface area contributed by atoms with Gasteiger partial charge in [-0.3, -0.25) is 0 Å². The molecule has 0 saturated carbocycles. The summed E-state index contributed by atoms with van der Waals surface area (Å²) in [7, 11) is 1.59. The maximum absolute atomic E-state index is 12.1. The molecule has 0 amide bonds. The van der Waals surface area contributed by atoms with Crippen LogP contribution in [0.4, 0.5) is 8.78 Å². The third kappa shape index (κ3) is 5.12. The van der Waals surface area contributed by atoms with Crippen LogP contribution >= 0.6 is 0 Å². The molecule has 19 heavy (non-hydrogen) atoms. The van der Waals surface area contributed by atoms with Crippen molar-refractivity contribution in [2.24, 2.45) is 0 Å². The molecule has 1 rings (SSSR count).